The van der Waals surface area contributed by atoms with E-state index < -0.39 is 38.4 Å². The Balaban J connectivity index is 1.52. The van der Waals surface area contributed by atoms with Crippen molar-refractivity contribution in [1.82, 2.24) is 10.3 Å². The molecule has 0 saturated heterocycles. The minimum absolute atomic E-state index is 0.0129. The molecule has 0 bridgehead atoms. The Kier molecular flexibility index (Phi) is 12.1. The summed E-state index contributed by atoms with van der Waals surface area (Å²) < 4.78 is 65.5. The normalized spacial score (nSPS) is 14.7. The molecule has 2 N–H and O–H groups in total. The smallest absolute Gasteiger partial charge is 0.313 e. The van der Waals surface area contributed by atoms with Crippen LogP contribution in [0.5, 0.6) is 0 Å². The Bertz CT molecular complexity index is 1780. The van der Waals surface area contributed by atoms with Crippen LogP contribution in [0.1, 0.15) is 88.4 Å². The van der Waals surface area contributed by atoms with Crippen LogP contribution in [0.25, 0.3) is 0 Å². The number of anilines is 1. The molecule has 0 fully saturated rings. The molecule has 1 aliphatic rings. The SMILES string of the molecule is CCN(CC)CCCS(=O)(=O)Cc1cccc(C(=O)Nc2sc3c(c2C(=O)N/N=C/c2ccc(Cl)c(C(F)(F)F)c2)CCC(C)(C)C3)c1. The van der Waals surface area contributed by atoms with Crippen molar-refractivity contribution in [2.75, 3.05) is 30.7 Å². The van der Waals surface area contributed by atoms with Gasteiger partial charge in [0.25, 0.3) is 11.8 Å². The van der Waals surface area contributed by atoms with E-state index in [1.165, 1.54) is 17.4 Å². The van der Waals surface area contributed by atoms with Gasteiger partial charge in [0, 0.05) is 10.4 Å². The highest BCUT2D eigenvalue weighted by molar-refractivity contribution is 7.90. The average Bonchev–Trinajstić information content (AvgIpc) is 3.35. The van der Waals surface area contributed by atoms with Crippen molar-refractivity contribution in [3.63, 3.8) is 0 Å². The quantitative estimate of drug-likeness (QED) is 0.140. The Morgan fingerprint density at radius 2 is 1.83 bits per heavy atom. The van der Waals surface area contributed by atoms with Gasteiger partial charge in [-0.1, -0.05) is 57.5 Å². The predicted octanol–water partition coefficient (Wildman–Crippen LogP) is 7.60. The second-order valence-corrected chi connectivity index (χ2v) is 16.3. The molecule has 0 spiro atoms. The summed E-state index contributed by atoms with van der Waals surface area (Å²) in [6, 6.07) is 9.70. The van der Waals surface area contributed by atoms with Crippen LogP contribution in [0, 0.1) is 5.41 Å². The molecule has 0 saturated carbocycles. The maximum Gasteiger partial charge on any atom is 0.417 e. The summed E-state index contributed by atoms with van der Waals surface area (Å²) in [6.45, 7) is 10.7. The van der Waals surface area contributed by atoms with E-state index in [4.69, 9.17) is 11.6 Å². The molecule has 2 aromatic carbocycles. The van der Waals surface area contributed by atoms with Crippen molar-refractivity contribution in [3.05, 3.63) is 85.7 Å². The highest BCUT2D eigenvalue weighted by Gasteiger charge is 2.34. The van der Waals surface area contributed by atoms with E-state index in [1.807, 2.05) is 13.8 Å². The summed E-state index contributed by atoms with van der Waals surface area (Å²) in [6.07, 6.45) is -0.947. The number of nitrogens with zero attached hydrogens (tertiary/aromatic N) is 2. The van der Waals surface area contributed by atoms with E-state index in [0.29, 0.717) is 36.4 Å². The first kappa shape index (κ1) is 37.6. The van der Waals surface area contributed by atoms with Crippen LogP contribution < -0.4 is 10.7 Å². The van der Waals surface area contributed by atoms with Gasteiger partial charge in [0.1, 0.15) is 5.00 Å². The lowest BCUT2D eigenvalue weighted by molar-refractivity contribution is -0.137. The van der Waals surface area contributed by atoms with Crippen LogP contribution in [0.15, 0.2) is 47.6 Å². The molecule has 48 heavy (non-hydrogen) atoms. The van der Waals surface area contributed by atoms with Crippen LogP contribution in [0.3, 0.4) is 0 Å². The Morgan fingerprint density at radius 1 is 1.10 bits per heavy atom. The number of thiophene rings is 1. The molecule has 0 atom stereocenters. The second-order valence-electron chi connectivity index (χ2n) is 12.6. The monoisotopic (exact) mass is 724 g/mol. The fourth-order valence-electron chi connectivity index (χ4n) is 5.65. The van der Waals surface area contributed by atoms with Crippen LogP contribution in [-0.2, 0) is 34.6 Å². The van der Waals surface area contributed by atoms with Gasteiger partial charge in [-0.3, -0.25) is 9.59 Å². The first-order chi connectivity index (χ1) is 22.5. The minimum atomic E-state index is -4.65. The van der Waals surface area contributed by atoms with Gasteiger partial charge in [0.15, 0.2) is 9.84 Å². The molecule has 1 aromatic heterocycles. The third kappa shape index (κ3) is 9.90. The summed E-state index contributed by atoms with van der Waals surface area (Å²) in [5.74, 6) is -1.28. The number of fused-ring (bicyclic) bond motifs is 1. The number of benzene rings is 2. The number of alkyl halides is 3. The molecular weight excluding hydrogens is 685 g/mol. The number of hydrogen-bond acceptors (Lipinski definition) is 7. The lowest BCUT2D eigenvalue weighted by Gasteiger charge is -2.29. The van der Waals surface area contributed by atoms with Crippen molar-refractivity contribution < 1.29 is 31.2 Å². The summed E-state index contributed by atoms with van der Waals surface area (Å²) >= 11 is 7.00. The molecule has 260 valence electrons. The zero-order chi connectivity index (χ0) is 35.3. The predicted molar refractivity (Wildman–Crippen MR) is 186 cm³/mol. The average molecular weight is 725 g/mol. The van der Waals surface area contributed by atoms with Gasteiger partial charge in [-0.15, -0.1) is 11.3 Å². The number of carbonyl (C=O) groups is 2. The van der Waals surface area contributed by atoms with E-state index in [0.717, 1.165) is 48.3 Å². The van der Waals surface area contributed by atoms with Gasteiger partial charge in [-0.25, -0.2) is 13.8 Å². The van der Waals surface area contributed by atoms with Crippen molar-refractivity contribution in [2.24, 2.45) is 10.5 Å². The summed E-state index contributed by atoms with van der Waals surface area (Å²) in [5, 5.41) is 6.61. The van der Waals surface area contributed by atoms with Crippen molar-refractivity contribution in [1.29, 1.82) is 0 Å². The summed E-state index contributed by atoms with van der Waals surface area (Å²) in [4.78, 5) is 30.1. The zero-order valence-corrected chi connectivity index (χ0v) is 29.7. The molecule has 0 radical (unpaired) electrons. The fourth-order valence-corrected chi connectivity index (χ4v) is 8.77. The molecular formula is C34H40ClF3N4O4S2. The lowest BCUT2D eigenvalue weighted by Crippen LogP contribution is -2.26. The van der Waals surface area contributed by atoms with Crippen LogP contribution in [0.4, 0.5) is 18.2 Å². The van der Waals surface area contributed by atoms with Crippen molar-refractivity contribution in [2.45, 2.75) is 65.3 Å². The molecule has 0 aliphatic heterocycles. The maximum absolute atomic E-state index is 13.5. The number of rotatable bonds is 13. The third-order valence-electron chi connectivity index (χ3n) is 8.31. The first-order valence-corrected chi connectivity index (χ1v) is 18.7. The third-order valence-corrected chi connectivity index (χ3v) is 11.5. The number of sulfone groups is 1. The molecule has 4 rings (SSSR count). The number of amides is 2. The van der Waals surface area contributed by atoms with E-state index in [1.54, 1.807) is 24.3 Å². The molecule has 2 amide bonds. The first-order valence-electron chi connectivity index (χ1n) is 15.7. The van der Waals surface area contributed by atoms with Crippen LogP contribution >= 0.6 is 22.9 Å². The number of nitrogens with one attached hydrogen (secondary N) is 2. The lowest BCUT2D eigenvalue weighted by atomic mass is 9.77. The Hall–Kier alpha value is -3.26. The Morgan fingerprint density at radius 3 is 2.52 bits per heavy atom. The number of hydrazone groups is 1. The van der Waals surface area contributed by atoms with E-state index >= 15 is 0 Å². The molecule has 0 unspecified atom stereocenters. The molecule has 3 aromatic rings. The summed E-state index contributed by atoms with van der Waals surface area (Å²) in [5.41, 5.74) is 3.21. The van der Waals surface area contributed by atoms with Gasteiger partial charge in [0.05, 0.1) is 33.9 Å². The largest absolute Gasteiger partial charge is 0.417 e. The number of halogens is 4. The zero-order valence-electron chi connectivity index (χ0n) is 27.3. The van der Waals surface area contributed by atoms with Crippen molar-refractivity contribution in [3.8, 4) is 0 Å². The number of hydrogen-bond donors (Lipinski definition) is 2. The maximum atomic E-state index is 13.5. The van der Waals surface area contributed by atoms with E-state index in [9.17, 15) is 31.2 Å². The molecule has 8 nitrogen and oxygen atoms in total. The minimum Gasteiger partial charge on any atom is -0.313 e. The van der Waals surface area contributed by atoms with E-state index in [2.05, 4.69) is 34.6 Å². The number of carbonyl (C=O) groups excluding carboxylic acids is 2. The van der Waals surface area contributed by atoms with Gasteiger partial charge >= 0.3 is 6.18 Å². The summed E-state index contributed by atoms with van der Waals surface area (Å²) in [7, 11) is -3.41. The van der Waals surface area contributed by atoms with Gasteiger partial charge in [-0.2, -0.15) is 18.3 Å². The highest BCUT2D eigenvalue weighted by Crippen LogP contribution is 2.44. The fraction of sp³-hybridized carbons (Fsp3) is 0.441. The van der Waals surface area contributed by atoms with Gasteiger partial charge in [-0.05, 0) is 91.7 Å². The van der Waals surface area contributed by atoms with Gasteiger partial charge in [0.2, 0.25) is 0 Å². The molecule has 1 heterocycles. The second kappa shape index (κ2) is 15.5. The van der Waals surface area contributed by atoms with Gasteiger partial charge < -0.3 is 10.2 Å². The standard InChI is InChI=1S/C34H40ClF3N4O4S2/c1-5-42(6-2)15-8-16-48(45,46)21-23-9-7-10-24(17-23)30(43)40-32-29(25-13-14-33(3,4)19-28(25)47-32)31(44)41-39-20-22-11-12-27(35)26(18-22)34(36,37)38/h7,9-12,17-18,20H,5-6,8,13-16,19,21H2,1-4H3,(H,40,43)(H,41,44)/b39-20+. The van der Waals surface area contributed by atoms with Crippen LogP contribution in [0.2, 0.25) is 5.02 Å². The van der Waals surface area contributed by atoms with Crippen LogP contribution in [-0.4, -0.2) is 56.7 Å². The van der Waals surface area contributed by atoms with Crippen molar-refractivity contribution >= 4 is 55.8 Å². The highest BCUT2D eigenvalue weighted by atomic mass is 35.5. The Labute approximate surface area is 288 Å². The molecule has 1 aliphatic carbocycles. The van der Waals surface area contributed by atoms with E-state index in [-0.39, 0.29) is 33.6 Å². The topological polar surface area (TPSA) is 108 Å². The molecule has 14 heteroatoms.